The van der Waals surface area contributed by atoms with Crippen LogP contribution >= 0.6 is 46.5 Å². The average Bonchev–Trinajstić information content (AvgIpc) is 3.16. The Hall–Kier alpha value is -3.52. The highest BCUT2D eigenvalue weighted by atomic mass is 127. The summed E-state index contributed by atoms with van der Waals surface area (Å²) in [6, 6.07) is 31.6. The van der Waals surface area contributed by atoms with Crippen molar-refractivity contribution in [2.45, 2.75) is 52.7 Å². The molecule has 4 aliphatic heterocycles. The van der Waals surface area contributed by atoms with Gasteiger partial charge in [-0.3, -0.25) is 0 Å². The monoisotopic (exact) mass is 840 g/mol. The second-order valence-corrected chi connectivity index (χ2v) is 16.3. The molecule has 0 saturated carbocycles. The number of hydrogen-bond acceptors (Lipinski definition) is 8. The number of aliphatic hydroxyl groups is 1. The minimum atomic E-state index is 0.0269. The molecule has 0 radical (unpaired) electrons. The normalized spacial score (nSPS) is 15.5. The molecular weight excluding hydrogens is 802 g/mol. The summed E-state index contributed by atoms with van der Waals surface area (Å²) in [7, 11) is 0. The predicted molar refractivity (Wildman–Crippen MR) is 220 cm³/mol. The van der Waals surface area contributed by atoms with Gasteiger partial charge in [-0.1, -0.05) is 35.7 Å². The van der Waals surface area contributed by atoms with E-state index in [0.717, 1.165) is 51.9 Å². The van der Waals surface area contributed by atoms with Crippen LogP contribution in [-0.4, -0.2) is 44.5 Å². The van der Waals surface area contributed by atoms with Gasteiger partial charge in [-0.15, -0.1) is 0 Å². The van der Waals surface area contributed by atoms with Crippen molar-refractivity contribution in [2.24, 2.45) is 0 Å². The number of halogens is 1. The Labute approximate surface area is 326 Å². The Kier molecular flexibility index (Phi) is 9.47. The smallest absolute Gasteiger partial charge is 0.203 e. The number of benzene rings is 5. The highest BCUT2D eigenvalue weighted by molar-refractivity contribution is 14.1. The molecule has 0 aromatic heterocycles. The molecule has 9 rings (SSSR count). The zero-order valence-corrected chi connectivity index (χ0v) is 32.9. The Balaban J connectivity index is 1.23. The van der Waals surface area contributed by atoms with Crippen molar-refractivity contribution in [3.8, 4) is 22.5 Å². The molecule has 5 aliphatic rings. The minimum absolute atomic E-state index is 0.0269. The van der Waals surface area contributed by atoms with Crippen molar-refractivity contribution in [2.75, 3.05) is 49.2 Å². The van der Waals surface area contributed by atoms with E-state index in [1.807, 2.05) is 23.5 Å². The van der Waals surface area contributed by atoms with E-state index in [4.69, 9.17) is 12.5 Å². The second kappa shape index (κ2) is 14.4. The molecule has 4 heterocycles. The maximum atomic E-state index is 9.90. The summed E-state index contributed by atoms with van der Waals surface area (Å²) in [5.74, 6) is 0.804. The summed E-state index contributed by atoms with van der Waals surface area (Å²) < 4.78 is 13.7. The Morgan fingerprint density at radius 3 is 2.31 bits per heavy atom. The van der Waals surface area contributed by atoms with Crippen LogP contribution in [0.3, 0.4) is 0 Å². The van der Waals surface area contributed by atoms with Crippen LogP contribution in [0.2, 0.25) is 0 Å². The summed E-state index contributed by atoms with van der Waals surface area (Å²) >= 11 is 5.47. The van der Waals surface area contributed by atoms with Crippen LogP contribution in [0.1, 0.15) is 30.4 Å². The zero-order valence-electron chi connectivity index (χ0n) is 29.2. The number of aliphatic hydroxyl groups excluding tert-OH is 1. The van der Waals surface area contributed by atoms with Gasteiger partial charge in [-0.2, -0.15) is 3.22 Å². The molecule has 0 amide bonds. The van der Waals surface area contributed by atoms with Gasteiger partial charge in [0.1, 0.15) is 24.6 Å². The van der Waals surface area contributed by atoms with Crippen molar-refractivity contribution < 1.29 is 17.6 Å². The van der Waals surface area contributed by atoms with Gasteiger partial charge < -0.3 is 19.3 Å². The van der Waals surface area contributed by atoms with Crippen LogP contribution in [0, 0.1) is 13.8 Å². The Bertz CT molecular complexity index is 2390. The molecule has 4 aromatic carbocycles. The molecule has 4 aromatic rings. The molecule has 0 spiro atoms. The van der Waals surface area contributed by atoms with E-state index in [2.05, 4.69) is 113 Å². The van der Waals surface area contributed by atoms with Gasteiger partial charge in [0.05, 0.1) is 23.1 Å². The van der Waals surface area contributed by atoms with Gasteiger partial charge in [0.15, 0.2) is 36.1 Å². The van der Waals surface area contributed by atoms with Crippen molar-refractivity contribution in [3.05, 3.63) is 101 Å². The highest BCUT2D eigenvalue weighted by Crippen LogP contribution is 2.61. The van der Waals surface area contributed by atoms with Gasteiger partial charge >= 0.3 is 0 Å². The number of rotatable bonds is 8. The van der Waals surface area contributed by atoms with Crippen LogP contribution in [0.5, 0.6) is 0 Å². The molecule has 7 nitrogen and oxygen atoms in total. The second-order valence-electron chi connectivity index (χ2n) is 13.8. The highest BCUT2D eigenvalue weighted by Gasteiger charge is 2.33. The third-order valence-corrected chi connectivity index (χ3v) is 12.7. The molecule has 1 N–H and O–H groups in total. The quantitative estimate of drug-likeness (QED) is 0.0406. The maximum Gasteiger partial charge on any atom is 0.203 e. The van der Waals surface area contributed by atoms with E-state index in [-0.39, 0.29) is 6.61 Å². The van der Waals surface area contributed by atoms with Crippen LogP contribution in [0.25, 0.3) is 33.4 Å². The number of nitrogens with zero attached hydrogens (tertiary/aromatic N) is 3. The lowest BCUT2D eigenvalue weighted by atomic mass is 9.93. The molecule has 52 heavy (non-hydrogen) atoms. The van der Waals surface area contributed by atoms with E-state index < -0.39 is 0 Å². The van der Waals surface area contributed by atoms with Gasteiger partial charge in [0.25, 0.3) is 0 Å². The molecule has 264 valence electrons. The van der Waals surface area contributed by atoms with Crippen molar-refractivity contribution in [1.82, 2.24) is 4.58 Å². The summed E-state index contributed by atoms with van der Waals surface area (Å²) in [4.78, 5) is 15.2. The Morgan fingerprint density at radius 1 is 0.788 bits per heavy atom. The van der Waals surface area contributed by atoms with Gasteiger partial charge in [0.2, 0.25) is 5.36 Å². The van der Waals surface area contributed by atoms with Gasteiger partial charge in [0, 0.05) is 67.0 Å². The van der Waals surface area contributed by atoms with E-state index in [1.165, 1.54) is 72.7 Å². The molecule has 1 saturated heterocycles. The molecule has 0 bridgehead atoms. The standard InChI is InChI=1S/C42H39IN3O4S2/c1-26-6-12-33-37(20-26)51-39-21-27(2)22-40-42(39)46(33)34-13-7-28(23-38(34)52-40)41-31-10-8-29(44-14-4-3-5-15-44)24-35(31)49-36-25-30(9-11-32(36)41)45(16-18-47)17-19-48-50-43/h6-13,20-25,47H,3-5,14-19H2,1-2H3/q+1. The molecule has 10 heteroatoms. The van der Waals surface area contributed by atoms with Crippen molar-refractivity contribution >= 4 is 80.2 Å². The number of aryl methyl sites for hydroxylation is 2. The van der Waals surface area contributed by atoms with Crippen LogP contribution < -0.4 is 19.7 Å². The Morgan fingerprint density at radius 2 is 1.54 bits per heavy atom. The lowest BCUT2D eigenvalue weighted by Gasteiger charge is -2.39. The minimum Gasteiger partial charge on any atom is -0.456 e. The maximum absolute atomic E-state index is 9.90. The van der Waals surface area contributed by atoms with Crippen LogP contribution in [0.4, 0.5) is 22.7 Å². The van der Waals surface area contributed by atoms with E-state index in [0.29, 0.717) is 19.7 Å². The molecule has 1 aliphatic carbocycles. The van der Waals surface area contributed by atoms with Crippen LogP contribution in [0.15, 0.2) is 109 Å². The summed E-state index contributed by atoms with van der Waals surface area (Å²) in [6.45, 7) is 7.94. The third kappa shape index (κ3) is 6.20. The SMILES string of the molecule is Cc1ccc2c(c1)Sc1cc(C)cc3c1N2c1ccc(-c2c4ccc(=[N+](CCO)CCOOI)cc-4oc4cc(N5CCCCC5)ccc24)cc1S3. The fourth-order valence-corrected chi connectivity index (χ4v) is 10.7. The zero-order chi connectivity index (χ0) is 35.3. The molecular formula is C42H39IN3O4S2+. The lowest BCUT2D eigenvalue weighted by molar-refractivity contribution is -0.164. The molecule has 0 unspecified atom stereocenters. The van der Waals surface area contributed by atoms with Crippen LogP contribution in [-0.2, 0) is 8.10 Å². The predicted octanol–water partition coefficient (Wildman–Crippen LogP) is 10.3. The first kappa shape index (κ1) is 34.3. The van der Waals surface area contributed by atoms with E-state index >= 15 is 0 Å². The molecule has 1 fully saturated rings. The first-order chi connectivity index (χ1) is 25.5. The third-order valence-electron chi connectivity index (χ3n) is 10.3. The van der Waals surface area contributed by atoms with Crippen molar-refractivity contribution in [3.63, 3.8) is 0 Å². The number of anilines is 4. The summed E-state index contributed by atoms with van der Waals surface area (Å²) in [6.07, 6.45) is 3.71. The largest absolute Gasteiger partial charge is 0.456 e. The number of piperidine rings is 1. The number of hydrogen-bond donors (Lipinski definition) is 1. The fraction of sp³-hybridized carbons (Fsp3) is 0.262. The first-order valence-electron chi connectivity index (χ1n) is 17.9. The van der Waals surface area contributed by atoms with Crippen molar-refractivity contribution in [1.29, 1.82) is 0 Å². The lowest BCUT2D eigenvalue weighted by Crippen LogP contribution is -2.35. The van der Waals surface area contributed by atoms with Gasteiger partial charge in [-0.25, -0.2) is 9.46 Å². The topological polar surface area (TPSA) is 61.3 Å². The van der Waals surface area contributed by atoms with E-state index in [9.17, 15) is 5.11 Å². The van der Waals surface area contributed by atoms with Gasteiger partial charge in [-0.05, 0) is 104 Å². The average molecular weight is 841 g/mol. The van der Waals surface area contributed by atoms with E-state index in [1.54, 1.807) is 23.0 Å². The summed E-state index contributed by atoms with van der Waals surface area (Å²) in [5, 5.41) is 12.0. The summed E-state index contributed by atoms with van der Waals surface area (Å²) in [5.41, 5.74) is 11.7. The fourth-order valence-electron chi connectivity index (χ4n) is 7.91. The first-order valence-corrected chi connectivity index (χ1v) is 20.4. The molecule has 0 atom stereocenters. The number of fused-ring (bicyclic) bond motifs is 6.